The van der Waals surface area contributed by atoms with Crippen molar-refractivity contribution in [1.29, 1.82) is 0 Å². The molecule has 2 N–H and O–H groups in total. The molecule has 3 rings (SSSR count). The number of carbonyl (C=O) groups excluding carboxylic acids is 1. The van der Waals surface area contributed by atoms with Crippen molar-refractivity contribution in [3.05, 3.63) is 67.4 Å². The first-order chi connectivity index (χ1) is 11.4. The van der Waals surface area contributed by atoms with Crippen LogP contribution in [0.3, 0.4) is 0 Å². The number of amides is 1. The number of aryl methyl sites for hydroxylation is 1. The van der Waals surface area contributed by atoms with Crippen LogP contribution in [0.2, 0.25) is 5.02 Å². The van der Waals surface area contributed by atoms with E-state index >= 15 is 0 Å². The van der Waals surface area contributed by atoms with Crippen molar-refractivity contribution in [3.8, 4) is 0 Å². The fraction of sp³-hybridized carbons (Fsp3) is 0.125. The molecular weight excluding hydrogens is 332 g/mol. The molecule has 1 aromatic carbocycles. The number of aromatic amines is 1. The minimum atomic E-state index is -0.589. The van der Waals surface area contributed by atoms with E-state index in [-0.39, 0.29) is 16.6 Å². The van der Waals surface area contributed by atoms with E-state index in [4.69, 9.17) is 11.6 Å². The second-order valence-electron chi connectivity index (χ2n) is 5.28. The molecule has 0 atom stereocenters. The Labute approximate surface area is 140 Å². The molecule has 0 bridgehead atoms. The molecule has 0 fully saturated rings. The van der Waals surface area contributed by atoms with Crippen LogP contribution >= 0.6 is 11.6 Å². The van der Waals surface area contributed by atoms with Crippen molar-refractivity contribution in [1.82, 2.24) is 14.5 Å². The second kappa shape index (κ2) is 5.93. The lowest BCUT2D eigenvalue weighted by Crippen LogP contribution is -2.29. The van der Waals surface area contributed by atoms with Crippen LogP contribution in [0.5, 0.6) is 0 Å². The van der Waals surface area contributed by atoms with Crippen molar-refractivity contribution in [2.45, 2.75) is 6.92 Å². The SMILES string of the molecule is Cc1c(Cl)cccc1NC(=O)c1cnc2c(c1)c(=O)[nH]c(=O)n2C. The number of rotatable bonds is 2. The molecule has 24 heavy (non-hydrogen) atoms. The number of anilines is 1. The van der Waals surface area contributed by atoms with Crippen LogP contribution in [0.4, 0.5) is 5.69 Å². The maximum absolute atomic E-state index is 12.4. The Morgan fingerprint density at radius 1 is 1.33 bits per heavy atom. The van der Waals surface area contributed by atoms with E-state index in [0.29, 0.717) is 10.7 Å². The Bertz CT molecular complexity index is 1080. The number of pyridine rings is 1. The van der Waals surface area contributed by atoms with Gasteiger partial charge in [-0.05, 0) is 30.7 Å². The molecule has 1 amide bonds. The number of fused-ring (bicyclic) bond motifs is 1. The molecule has 0 unspecified atom stereocenters. The van der Waals surface area contributed by atoms with Gasteiger partial charge in [0, 0.05) is 24.0 Å². The molecule has 0 saturated carbocycles. The smallest absolute Gasteiger partial charge is 0.322 e. The van der Waals surface area contributed by atoms with E-state index in [1.165, 1.54) is 23.9 Å². The van der Waals surface area contributed by atoms with Gasteiger partial charge in [-0.15, -0.1) is 0 Å². The zero-order valence-corrected chi connectivity index (χ0v) is 13.6. The van der Waals surface area contributed by atoms with E-state index < -0.39 is 17.2 Å². The van der Waals surface area contributed by atoms with Crippen molar-refractivity contribution < 1.29 is 4.79 Å². The lowest BCUT2D eigenvalue weighted by Gasteiger charge is -2.10. The Hall–Kier alpha value is -2.93. The molecule has 0 radical (unpaired) electrons. The maximum Gasteiger partial charge on any atom is 0.329 e. The van der Waals surface area contributed by atoms with Gasteiger partial charge in [0.2, 0.25) is 0 Å². The van der Waals surface area contributed by atoms with Gasteiger partial charge < -0.3 is 5.32 Å². The number of hydrogen-bond acceptors (Lipinski definition) is 4. The summed E-state index contributed by atoms with van der Waals surface area (Å²) in [5.41, 5.74) is 0.565. The summed E-state index contributed by atoms with van der Waals surface area (Å²) in [6, 6.07) is 6.58. The molecule has 7 nitrogen and oxygen atoms in total. The molecule has 0 aliphatic rings. The molecule has 2 aromatic heterocycles. The number of H-pyrrole nitrogens is 1. The van der Waals surface area contributed by atoms with Crippen molar-refractivity contribution in [3.63, 3.8) is 0 Å². The van der Waals surface area contributed by atoms with Crippen LogP contribution in [0.1, 0.15) is 15.9 Å². The minimum Gasteiger partial charge on any atom is -0.322 e. The maximum atomic E-state index is 12.4. The summed E-state index contributed by atoms with van der Waals surface area (Å²) in [6.07, 6.45) is 1.32. The van der Waals surface area contributed by atoms with Gasteiger partial charge in [0.25, 0.3) is 11.5 Å². The largest absolute Gasteiger partial charge is 0.329 e. The average molecular weight is 345 g/mol. The first-order valence-electron chi connectivity index (χ1n) is 7.04. The van der Waals surface area contributed by atoms with Crippen LogP contribution in [-0.2, 0) is 7.05 Å². The van der Waals surface area contributed by atoms with Gasteiger partial charge in [-0.3, -0.25) is 19.1 Å². The highest BCUT2D eigenvalue weighted by Gasteiger charge is 2.13. The molecule has 2 heterocycles. The summed E-state index contributed by atoms with van der Waals surface area (Å²) in [5.74, 6) is -0.428. The number of carbonyl (C=O) groups is 1. The highest BCUT2D eigenvalue weighted by molar-refractivity contribution is 6.31. The zero-order valence-electron chi connectivity index (χ0n) is 12.9. The number of nitrogens with zero attached hydrogens (tertiary/aromatic N) is 2. The molecule has 8 heteroatoms. The predicted octanol–water partition coefficient (Wildman–Crippen LogP) is 1.84. The van der Waals surface area contributed by atoms with E-state index in [9.17, 15) is 14.4 Å². The van der Waals surface area contributed by atoms with Gasteiger partial charge in [0.1, 0.15) is 5.65 Å². The number of halogens is 1. The van der Waals surface area contributed by atoms with E-state index in [2.05, 4.69) is 15.3 Å². The predicted molar refractivity (Wildman–Crippen MR) is 91.7 cm³/mol. The Morgan fingerprint density at radius 2 is 2.08 bits per heavy atom. The number of nitrogens with one attached hydrogen (secondary N) is 2. The monoisotopic (exact) mass is 344 g/mol. The van der Waals surface area contributed by atoms with E-state index in [1.54, 1.807) is 25.1 Å². The van der Waals surface area contributed by atoms with Crippen molar-refractivity contribution >= 4 is 34.2 Å². The summed E-state index contributed by atoms with van der Waals surface area (Å²) in [7, 11) is 1.49. The summed E-state index contributed by atoms with van der Waals surface area (Å²) in [6.45, 7) is 1.79. The lowest BCUT2D eigenvalue weighted by molar-refractivity contribution is 0.102. The Kier molecular flexibility index (Phi) is 3.94. The van der Waals surface area contributed by atoms with Crippen molar-refractivity contribution in [2.75, 3.05) is 5.32 Å². The molecule has 3 aromatic rings. The van der Waals surface area contributed by atoms with Gasteiger partial charge in [0.05, 0.1) is 10.9 Å². The average Bonchev–Trinajstić information content (AvgIpc) is 2.56. The van der Waals surface area contributed by atoms with Crippen LogP contribution < -0.4 is 16.6 Å². The molecule has 0 saturated heterocycles. The third-order valence-electron chi connectivity index (χ3n) is 3.73. The van der Waals surface area contributed by atoms with Gasteiger partial charge in [-0.1, -0.05) is 17.7 Å². The number of hydrogen-bond donors (Lipinski definition) is 2. The first-order valence-corrected chi connectivity index (χ1v) is 7.42. The van der Waals surface area contributed by atoms with Gasteiger partial charge >= 0.3 is 5.69 Å². The molecular formula is C16H13ClN4O3. The normalized spacial score (nSPS) is 10.8. The number of aromatic nitrogens is 3. The Morgan fingerprint density at radius 3 is 2.83 bits per heavy atom. The molecule has 0 aliphatic heterocycles. The second-order valence-corrected chi connectivity index (χ2v) is 5.69. The van der Waals surface area contributed by atoms with Gasteiger partial charge in [-0.25, -0.2) is 9.78 Å². The summed E-state index contributed by atoms with van der Waals surface area (Å²) < 4.78 is 1.21. The van der Waals surface area contributed by atoms with Crippen molar-refractivity contribution in [2.24, 2.45) is 7.05 Å². The van der Waals surface area contributed by atoms with Gasteiger partial charge in [-0.2, -0.15) is 0 Å². The lowest BCUT2D eigenvalue weighted by atomic mass is 10.1. The highest BCUT2D eigenvalue weighted by Crippen LogP contribution is 2.23. The molecule has 0 spiro atoms. The third kappa shape index (κ3) is 2.69. The topological polar surface area (TPSA) is 96.8 Å². The summed E-state index contributed by atoms with van der Waals surface area (Å²) >= 11 is 6.03. The summed E-state index contributed by atoms with van der Waals surface area (Å²) in [4.78, 5) is 42.1. The molecule has 122 valence electrons. The van der Waals surface area contributed by atoms with Crippen LogP contribution in [-0.4, -0.2) is 20.4 Å². The fourth-order valence-electron chi connectivity index (χ4n) is 2.30. The zero-order chi connectivity index (χ0) is 17.4. The van der Waals surface area contributed by atoms with Crippen LogP contribution in [0.25, 0.3) is 11.0 Å². The fourth-order valence-corrected chi connectivity index (χ4v) is 2.47. The quantitative estimate of drug-likeness (QED) is 0.741. The number of benzene rings is 1. The van der Waals surface area contributed by atoms with Crippen LogP contribution in [0.15, 0.2) is 40.1 Å². The third-order valence-corrected chi connectivity index (χ3v) is 4.14. The molecule has 0 aliphatic carbocycles. The van der Waals surface area contributed by atoms with Gasteiger partial charge in [0.15, 0.2) is 0 Å². The summed E-state index contributed by atoms with van der Waals surface area (Å²) in [5, 5.41) is 3.43. The van der Waals surface area contributed by atoms with Crippen LogP contribution in [0, 0.1) is 6.92 Å². The highest BCUT2D eigenvalue weighted by atomic mass is 35.5. The minimum absolute atomic E-state index is 0.160. The standard InChI is InChI=1S/C16H13ClN4O3/c1-8-11(17)4-3-5-12(8)19-14(22)9-6-10-13(18-7-9)21(2)16(24)20-15(10)23/h3-7H,1-2H3,(H,19,22)(H,20,23,24). The van der Waals surface area contributed by atoms with E-state index in [0.717, 1.165) is 5.56 Å². The first kappa shape index (κ1) is 15.9. The van der Waals surface area contributed by atoms with E-state index in [1.807, 2.05) is 0 Å². The Balaban J connectivity index is 2.04.